The molecule has 11 heavy (non-hydrogen) atoms. The number of hydrogen-bond acceptors (Lipinski definition) is 3. The minimum Gasteiger partial charge on any atom is -0.348 e. The van der Waals surface area contributed by atoms with Crippen LogP contribution in [-0.2, 0) is 4.79 Å². The molecular weight excluding hydrogens is 178 g/mol. The number of amides is 1. The molecule has 64 valence electrons. The lowest BCUT2D eigenvalue weighted by atomic mass is 10.4. The Hall–Kier alpha value is -0.0900. The predicted octanol–water partition coefficient (Wildman–Crippen LogP) is 1.54. The molecule has 0 heterocycles. The summed E-state index contributed by atoms with van der Waals surface area (Å²) < 4.78 is 0.813. The lowest BCUT2D eigenvalue weighted by Gasteiger charge is -2.15. The Balaban J connectivity index is 3.93. The average molecular weight is 191 g/mol. The van der Waals surface area contributed by atoms with E-state index in [9.17, 15) is 4.79 Å². The maximum absolute atomic E-state index is 11.2. The van der Waals surface area contributed by atoms with Gasteiger partial charge in [0.25, 0.3) is 0 Å². The summed E-state index contributed by atoms with van der Waals surface area (Å²) in [5.74, 6) is 0.110. The predicted molar refractivity (Wildman–Crippen MR) is 54.0 cm³/mol. The fraction of sp³-hybridized carbons (Fsp3) is 0.714. The van der Waals surface area contributed by atoms with E-state index in [2.05, 4.69) is 0 Å². The molecule has 0 aromatic heterocycles. The highest BCUT2D eigenvalue weighted by Crippen LogP contribution is 2.13. The molecule has 0 aliphatic heterocycles. The van der Waals surface area contributed by atoms with E-state index in [0.29, 0.717) is 0 Å². The third-order valence-electron chi connectivity index (χ3n) is 1.13. The monoisotopic (exact) mass is 191 g/mol. The molecule has 0 rings (SSSR count). The van der Waals surface area contributed by atoms with E-state index in [4.69, 9.17) is 12.2 Å². The van der Waals surface area contributed by atoms with Crippen LogP contribution in [0.15, 0.2) is 0 Å². The van der Waals surface area contributed by atoms with Gasteiger partial charge in [-0.2, -0.15) is 0 Å². The summed E-state index contributed by atoms with van der Waals surface area (Å²) in [7, 11) is 3.50. The van der Waals surface area contributed by atoms with Crippen LogP contribution >= 0.6 is 24.0 Å². The molecule has 1 amide bonds. The summed E-state index contributed by atoms with van der Waals surface area (Å²) in [6.45, 7) is 3.70. The summed E-state index contributed by atoms with van der Waals surface area (Å²) in [6.07, 6.45) is 0. The first-order valence-electron chi connectivity index (χ1n) is 3.33. The molecule has 0 N–H and O–H groups in total. The molecule has 0 radical (unpaired) electrons. The van der Waals surface area contributed by atoms with E-state index in [1.165, 1.54) is 11.8 Å². The first-order valence-corrected chi connectivity index (χ1v) is 4.62. The van der Waals surface area contributed by atoms with Gasteiger partial charge in [-0.05, 0) is 13.8 Å². The van der Waals surface area contributed by atoms with Gasteiger partial charge >= 0.3 is 0 Å². The topological polar surface area (TPSA) is 20.3 Å². The fourth-order valence-electron chi connectivity index (χ4n) is 0.663. The van der Waals surface area contributed by atoms with Gasteiger partial charge in [-0.3, -0.25) is 4.79 Å². The molecule has 4 heteroatoms. The molecule has 0 aromatic rings. The number of nitrogens with zero attached hydrogens (tertiary/aromatic N) is 1. The first-order chi connectivity index (χ1) is 4.95. The number of carbonyl (C=O) groups excluding carboxylic acids is 1. The van der Waals surface area contributed by atoms with Crippen molar-refractivity contribution in [2.75, 3.05) is 14.1 Å². The van der Waals surface area contributed by atoms with Crippen molar-refractivity contribution in [3.8, 4) is 0 Å². The third kappa shape index (κ3) is 4.37. The summed E-state index contributed by atoms with van der Waals surface area (Å²) in [5.41, 5.74) is 0. The molecule has 0 aromatic carbocycles. The first kappa shape index (κ1) is 10.9. The van der Waals surface area contributed by atoms with Gasteiger partial charge in [0.2, 0.25) is 5.91 Å². The summed E-state index contributed by atoms with van der Waals surface area (Å²) in [5, 5.41) is -0.0532. The van der Waals surface area contributed by atoms with Crippen LogP contribution in [0.25, 0.3) is 0 Å². The van der Waals surface area contributed by atoms with Crippen molar-refractivity contribution in [3.63, 3.8) is 0 Å². The largest absolute Gasteiger partial charge is 0.348 e. The van der Waals surface area contributed by atoms with Crippen molar-refractivity contribution in [2.24, 2.45) is 0 Å². The standard InChI is InChI=1S/C7H13NOS2/c1-5(11-6(2)10)7(9)8(3)4/h5H,1-4H3. The third-order valence-corrected chi connectivity index (χ3v) is 2.31. The van der Waals surface area contributed by atoms with Gasteiger partial charge in [-0.1, -0.05) is 12.2 Å². The molecule has 0 saturated carbocycles. The lowest BCUT2D eigenvalue weighted by Crippen LogP contribution is -2.30. The summed E-state index contributed by atoms with van der Waals surface area (Å²) in [6, 6.07) is 0. The van der Waals surface area contributed by atoms with E-state index in [-0.39, 0.29) is 11.2 Å². The van der Waals surface area contributed by atoms with Crippen molar-refractivity contribution in [1.29, 1.82) is 0 Å². The minimum atomic E-state index is -0.0532. The quantitative estimate of drug-likeness (QED) is 0.618. The zero-order valence-electron chi connectivity index (χ0n) is 7.25. The highest BCUT2D eigenvalue weighted by Gasteiger charge is 2.15. The van der Waals surface area contributed by atoms with E-state index < -0.39 is 0 Å². The lowest BCUT2D eigenvalue weighted by molar-refractivity contribution is -0.127. The Morgan fingerprint density at radius 3 is 2.27 bits per heavy atom. The maximum Gasteiger partial charge on any atom is 0.235 e. The number of hydrogen-bond donors (Lipinski definition) is 0. The van der Waals surface area contributed by atoms with Crippen LogP contribution in [0.2, 0.25) is 0 Å². The zero-order chi connectivity index (χ0) is 9.02. The maximum atomic E-state index is 11.2. The molecule has 0 aliphatic carbocycles. The van der Waals surface area contributed by atoms with Crippen LogP contribution in [0.5, 0.6) is 0 Å². The van der Waals surface area contributed by atoms with Crippen LogP contribution in [0.3, 0.4) is 0 Å². The van der Waals surface area contributed by atoms with E-state index in [1.54, 1.807) is 19.0 Å². The number of thiocarbonyl (C=S) groups is 1. The van der Waals surface area contributed by atoms with Crippen molar-refractivity contribution in [2.45, 2.75) is 19.1 Å². The van der Waals surface area contributed by atoms with Gasteiger partial charge < -0.3 is 4.90 Å². The summed E-state index contributed by atoms with van der Waals surface area (Å²) >= 11 is 6.30. The fourth-order valence-corrected chi connectivity index (χ4v) is 1.91. The van der Waals surface area contributed by atoms with Gasteiger partial charge in [0.1, 0.15) is 0 Å². The Morgan fingerprint density at radius 1 is 1.55 bits per heavy atom. The Kier molecular flexibility index (Phi) is 4.68. The Morgan fingerprint density at radius 2 is 2.00 bits per heavy atom. The minimum absolute atomic E-state index is 0.0532. The molecule has 2 nitrogen and oxygen atoms in total. The van der Waals surface area contributed by atoms with Crippen molar-refractivity contribution >= 4 is 34.1 Å². The Labute approximate surface area is 77.3 Å². The molecule has 0 bridgehead atoms. The van der Waals surface area contributed by atoms with Crippen molar-refractivity contribution in [3.05, 3.63) is 0 Å². The zero-order valence-corrected chi connectivity index (χ0v) is 8.88. The Bertz CT molecular complexity index is 168. The van der Waals surface area contributed by atoms with Gasteiger partial charge in [0, 0.05) is 18.3 Å². The molecule has 1 unspecified atom stereocenters. The molecular formula is C7H13NOS2. The van der Waals surface area contributed by atoms with E-state index in [0.717, 1.165) is 4.20 Å². The van der Waals surface area contributed by atoms with Crippen LogP contribution in [0.4, 0.5) is 0 Å². The van der Waals surface area contributed by atoms with Gasteiger partial charge in [0.15, 0.2) is 0 Å². The smallest absolute Gasteiger partial charge is 0.235 e. The van der Waals surface area contributed by atoms with Gasteiger partial charge in [-0.25, -0.2) is 0 Å². The second-order valence-corrected chi connectivity index (χ2v) is 4.91. The highest BCUT2D eigenvalue weighted by atomic mass is 32.2. The number of carbonyl (C=O) groups is 1. The van der Waals surface area contributed by atoms with E-state index >= 15 is 0 Å². The number of thioether (sulfide) groups is 1. The molecule has 0 spiro atoms. The highest BCUT2D eigenvalue weighted by molar-refractivity contribution is 8.23. The molecule has 0 fully saturated rings. The van der Waals surface area contributed by atoms with Crippen LogP contribution in [0.1, 0.15) is 13.8 Å². The molecule has 0 saturated heterocycles. The summed E-state index contributed by atoms with van der Waals surface area (Å²) in [4.78, 5) is 12.8. The van der Waals surface area contributed by atoms with Crippen LogP contribution < -0.4 is 0 Å². The van der Waals surface area contributed by atoms with Crippen molar-refractivity contribution in [1.82, 2.24) is 4.90 Å². The molecule has 0 aliphatic rings. The van der Waals surface area contributed by atoms with E-state index in [1.807, 2.05) is 13.8 Å². The second kappa shape index (κ2) is 4.72. The van der Waals surface area contributed by atoms with Crippen LogP contribution in [-0.4, -0.2) is 34.3 Å². The SMILES string of the molecule is CC(=S)SC(C)C(=O)N(C)C. The van der Waals surface area contributed by atoms with Gasteiger partial charge in [-0.15, -0.1) is 11.8 Å². The van der Waals surface area contributed by atoms with Crippen molar-refractivity contribution < 1.29 is 4.79 Å². The molecule has 1 atom stereocenters. The number of rotatable bonds is 2. The average Bonchev–Trinajstić information content (AvgIpc) is 1.84. The van der Waals surface area contributed by atoms with Gasteiger partial charge in [0.05, 0.1) is 5.25 Å². The second-order valence-electron chi connectivity index (χ2n) is 2.48. The normalized spacial score (nSPS) is 12.4. The van der Waals surface area contributed by atoms with Crippen LogP contribution in [0, 0.1) is 0 Å².